The standard InChI is InChI=1S/C19H16BrNO2/c1-19(2)12-9-10(23-3)7-8-11(12)17(22)16-15-13(20)5-4-6-14(15)21-18(16)19/h4-9,21H,1-3H3. The molecule has 2 aromatic carbocycles. The van der Waals surface area contributed by atoms with E-state index in [9.17, 15) is 4.79 Å². The van der Waals surface area contributed by atoms with Crippen LogP contribution in [0.25, 0.3) is 10.9 Å². The Morgan fingerprint density at radius 2 is 1.96 bits per heavy atom. The first-order valence-electron chi connectivity index (χ1n) is 7.49. The average molecular weight is 370 g/mol. The molecule has 0 aliphatic heterocycles. The molecule has 0 saturated heterocycles. The summed E-state index contributed by atoms with van der Waals surface area (Å²) in [4.78, 5) is 16.6. The van der Waals surface area contributed by atoms with E-state index in [1.54, 1.807) is 7.11 Å². The Balaban J connectivity index is 2.11. The van der Waals surface area contributed by atoms with Crippen LogP contribution in [0, 0.1) is 0 Å². The zero-order valence-electron chi connectivity index (χ0n) is 13.2. The summed E-state index contributed by atoms with van der Waals surface area (Å²) < 4.78 is 6.28. The fourth-order valence-corrected chi connectivity index (χ4v) is 4.10. The Bertz CT molecular complexity index is 969. The number of halogens is 1. The molecule has 0 atom stereocenters. The highest BCUT2D eigenvalue weighted by Gasteiger charge is 2.40. The van der Waals surface area contributed by atoms with Crippen molar-refractivity contribution in [3.05, 3.63) is 63.3 Å². The van der Waals surface area contributed by atoms with Crippen molar-refractivity contribution in [1.29, 1.82) is 0 Å². The second-order valence-corrected chi connectivity index (χ2v) is 7.26. The summed E-state index contributed by atoms with van der Waals surface area (Å²) in [6.45, 7) is 4.28. The van der Waals surface area contributed by atoms with Crippen LogP contribution in [0.3, 0.4) is 0 Å². The van der Waals surface area contributed by atoms with Crippen LogP contribution >= 0.6 is 15.9 Å². The Kier molecular flexibility index (Phi) is 2.97. The minimum atomic E-state index is -0.300. The van der Waals surface area contributed by atoms with Crippen LogP contribution in [0.1, 0.15) is 41.0 Å². The Morgan fingerprint density at radius 1 is 1.17 bits per heavy atom. The second-order valence-electron chi connectivity index (χ2n) is 6.40. The Hall–Kier alpha value is -2.07. The van der Waals surface area contributed by atoms with Gasteiger partial charge in [0.05, 0.1) is 12.7 Å². The molecule has 1 aliphatic rings. The van der Waals surface area contributed by atoms with Crippen LogP contribution < -0.4 is 4.74 Å². The molecule has 0 fully saturated rings. The fourth-order valence-electron chi connectivity index (χ4n) is 3.54. The zero-order valence-corrected chi connectivity index (χ0v) is 14.7. The predicted octanol–water partition coefficient (Wildman–Crippen LogP) is 4.81. The van der Waals surface area contributed by atoms with Crippen molar-refractivity contribution in [2.75, 3.05) is 7.11 Å². The molecular formula is C19H16BrNO2. The van der Waals surface area contributed by atoms with Crippen molar-refractivity contribution in [2.45, 2.75) is 19.3 Å². The molecule has 0 unspecified atom stereocenters. The summed E-state index contributed by atoms with van der Waals surface area (Å²) in [6.07, 6.45) is 0. The monoisotopic (exact) mass is 369 g/mol. The van der Waals surface area contributed by atoms with E-state index in [2.05, 4.69) is 34.8 Å². The minimum absolute atomic E-state index is 0.0649. The van der Waals surface area contributed by atoms with Crippen molar-refractivity contribution in [1.82, 2.24) is 4.98 Å². The van der Waals surface area contributed by atoms with Gasteiger partial charge in [0.1, 0.15) is 5.75 Å². The van der Waals surface area contributed by atoms with Crippen LogP contribution in [-0.2, 0) is 5.41 Å². The highest BCUT2D eigenvalue weighted by Crippen LogP contribution is 2.45. The molecule has 116 valence electrons. The second kappa shape index (κ2) is 4.71. The topological polar surface area (TPSA) is 42.1 Å². The number of H-pyrrole nitrogens is 1. The quantitative estimate of drug-likeness (QED) is 0.668. The number of hydrogen-bond donors (Lipinski definition) is 1. The Labute approximate surface area is 142 Å². The van der Waals surface area contributed by atoms with Crippen molar-refractivity contribution in [3.63, 3.8) is 0 Å². The van der Waals surface area contributed by atoms with Crippen molar-refractivity contribution in [3.8, 4) is 5.75 Å². The Morgan fingerprint density at radius 3 is 2.70 bits per heavy atom. The summed E-state index contributed by atoms with van der Waals surface area (Å²) in [5, 5.41) is 0.960. The lowest BCUT2D eigenvalue weighted by Gasteiger charge is -2.32. The number of benzene rings is 2. The fraction of sp³-hybridized carbons (Fsp3) is 0.211. The maximum atomic E-state index is 13.1. The molecule has 4 heteroatoms. The molecule has 1 aliphatic carbocycles. The number of carbonyl (C=O) groups excluding carboxylic acids is 1. The van der Waals surface area contributed by atoms with E-state index < -0.39 is 0 Å². The van der Waals surface area contributed by atoms with E-state index in [1.807, 2.05) is 36.4 Å². The molecule has 1 N–H and O–H groups in total. The maximum absolute atomic E-state index is 13.1. The first-order valence-corrected chi connectivity index (χ1v) is 8.28. The van der Waals surface area contributed by atoms with E-state index in [1.165, 1.54) is 0 Å². The molecule has 3 aromatic rings. The molecule has 1 aromatic heterocycles. The van der Waals surface area contributed by atoms with Crippen LogP contribution in [-0.4, -0.2) is 17.9 Å². The lowest BCUT2D eigenvalue weighted by atomic mass is 9.71. The molecule has 23 heavy (non-hydrogen) atoms. The van der Waals surface area contributed by atoms with Gasteiger partial charge in [-0.15, -0.1) is 0 Å². The van der Waals surface area contributed by atoms with Gasteiger partial charge in [0.25, 0.3) is 0 Å². The third-order valence-electron chi connectivity index (χ3n) is 4.77. The molecule has 0 amide bonds. The first-order chi connectivity index (χ1) is 10.9. The molecule has 0 radical (unpaired) electrons. The van der Waals surface area contributed by atoms with Gasteiger partial charge in [-0.05, 0) is 35.9 Å². The summed E-state index contributed by atoms with van der Waals surface area (Å²) in [5.74, 6) is 0.834. The minimum Gasteiger partial charge on any atom is -0.497 e. The SMILES string of the molecule is COc1ccc2c(c1)C(C)(C)c1[nH]c3cccc(Br)c3c1C2=O. The third kappa shape index (κ3) is 1.84. The third-order valence-corrected chi connectivity index (χ3v) is 5.43. The van der Waals surface area contributed by atoms with Gasteiger partial charge in [-0.1, -0.05) is 35.8 Å². The zero-order chi connectivity index (χ0) is 16.4. The number of nitrogens with one attached hydrogen (secondary N) is 1. The number of aromatic nitrogens is 1. The highest BCUT2D eigenvalue weighted by molar-refractivity contribution is 9.10. The molecule has 0 bridgehead atoms. The van der Waals surface area contributed by atoms with Gasteiger partial charge >= 0.3 is 0 Å². The first kappa shape index (κ1) is 14.5. The number of fused-ring (bicyclic) bond motifs is 4. The van der Waals surface area contributed by atoms with Crippen molar-refractivity contribution < 1.29 is 9.53 Å². The summed E-state index contributed by atoms with van der Waals surface area (Å²) in [6, 6.07) is 11.6. The van der Waals surface area contributed by atoms with Gasteiger partial charge in [0.15, 0.2) is 5.78 Å². The van der Waals surface area contributed by atoms with Crippen LogP contribution in [0.2, 0.25) is 0 Å². The number of aromatic amines is 1. The molecule has 1 heterocycles. The van der Waals surface area contributed by atoms with E-state index in [-0.39, 0.29) is 11.2 Å². The van der Waals surface area contributed by atoms with E-state index in [0.717, 1.165) is 43.5 Å². The van der Waals surface area contributed by atoms with Gasteiger partial charge in [0.2, 0.25) is 0 Å². The summed E-state index contributed by atoms with van der Waals surface area (Å²) >= 11 is 3.59. The van der Waals surface area contributed by atoms with Gasteiger partial charge < -0.3 is 9.72 Å². The summed E-state index contributed by atoms with van der Waals surface area (Å²) in [5.41, 5.74) is 4.16. The van der Waals surface area contributed by atoms with Gasteiger partial charge in [-0.2, -0.15) is 0 Å². The normalized spacial score (nSPS) is 15.4. The maximum Gasteiger partial charge on any atom is 0.195 e. The van der Waals surface area contributed by atoms with Crippen LogP contribution in [0.5, 0.6) is 5.75 Å². The van der Waals surface area contributed by atoms with E-state index in [0.29, 0.717) is 0 Å². The van der Waals surface area contributed by atoms with Gasteiger partial charge in [-0.3, -0.25) is 4.79 Å². The number of hydrogen-bond acceptors (Lipinski definition) is 2. The smallest absolute Gasteiger partial charge is 0.195 e. The lowest BCUT2D eigenvalue weighted by Crippen LogP contribution is -2.30. The van der Waals surface area contributed by atoms with Gasteiger partial charge in [-0.25, -0.2) is 0 Å². The van der Waals surface area contributed by atoms with Crippen LogP contribution in [0.4, 0.5) is 0 Å². The largest absolute Gasteiger partial charge is 0.497 e. The van der Waals surface area contributed by atoms with Crippen molar-refractivity contribution >= 4 is 32.6 Å². The number of rotatable bonds is 1. The van der Waals surface area contributed by atoms with E-state index >= 15 is 0 Å². The van der Waals surface area contributed by atoms with Crippen LogP contribution in [0.15, 0.2) is 40.9 Å². The molecular weight excluding hydrogens is 354 g/mol. The number of ether oxygens (including phenoxy) is 1. The average Bonchev–Trinajstić information content (AvgIpc) is 2.95. The number of methoxy groups -OCH3 is 1. The van der Waals surface area contributed by atoms with Crippen molar-refractivity contribution in [2.24, 2.45) is 0 Å². The molecule has 0 spiro atoms. The van der Waals surface area contributed by atoms with Gasteiger partial charge in [0, 0.05) is 32.0 Å². The molecule has 3 nitrogen and oxygen atoms in total. The summed E-state index contributed by atoms with van der Waals surface area (Å²) in [7, 11) is 1.64. The predicted molar refractivity (Wildman–Crippen MR) is 94.6 cm³/mol. The lowest BCUT2D eigenvalue weighted by molar-refractivity contribution is 0.103. The molecule has 4 rings (SSSR count). The highest BCUT2D eigenvalue weighted by atomic mass is 79.9. The number of carbonyl (C=O) groups is 1. The molecule has 0 saturated carbocycles. The number of ketones is 1. The van der Waals surface area contributed by atoms with E-state index in [4.69, 9.17) is 4.74 Å².